The molecule has 1 aliphatic heterocycles. The van der Waals surface area contributed by atoms with Crippen molar-refractivity contribution in [3.8, 4) is 0 Å². The van der Waals surface area contributed by atoms with Crippen molar-refractivity contribution in [1.82, 2.24) is 4.90 Å². The molecule has 0 aromatic heterocycles. The van der Waals surface area contributed by atoms with Gasteiger partial charge in [-0.25, -0.2) is 4.79 Å². The van der Waals surface area contributed by atoms with Gasteiger partial charge >= 0.3 is 5.97 Å². The Labute approximate surface area is 126 Å². The molecule has 3 unspecified atom stereocenters. The van der Waals surface area contributed by atoms with E-state index in [1.807, 2.05) is 11.8 Å². The molecule has 0 spiro atoms. The maximum absolute atomic E-state index is 13.2. The molecule has 1 N–H and O–H groups in total. The summed E-state index contributed by atoms with van der Waals surface area (Å²) in [5.41, 5.74) is -0.312. The van der Waals surface area contributed by atoms with Crippen molar-refractivity contribution in [2.75, 3.05) is 0 Å². The minimum Gasteiger partial charge on any atom is -0.480 e. The van der Waals surface area contributed by atoms with Gasteiger partial charge in [0.15, 0.2) is 0 Å². The first-order valence-electron chi connectivity index (χ1n) is 8.58. The largest absolute Gasteiger partial charge is 0.480 e. The van der Waals surface area contributed by atoms with Crippen molar-refractivity contribution in [2.24, 2.45) is 11.3 Å². The van der Waals surface area contributed by atoms with Gasteiger partial charge in [0.1, 0.15) is 6.04 Å². The SMILES string of the molecule is CC1(C(=O)N2C(C(=O)O)CCC3CCCCC32)CCCC1. The number of carbonyl (C=O) groups excluding carboxylic acids is 1. The lowest BCUT2D eigenvalue weighted by Gasteiger charge is -2.49. The smallest absolute Gasteiger partial charge is 0.326 e. The minimum atomic E-state index is -0.811. The van der Waals surface area contributed by atoms with Crippen LogP contribution in [0.1, 0.15) is 71.1 Å². The van der Waals surface area contributed by atoms with Crippen LogP contribution in [0.25, 0.3) is 0 Å². The van der Waals surface area contributed by atoms with E-state index >= 15 is 0 Å². The third-order valence-electron chi connectivity index (χ3n) is 6.12. The number of carbonyl (C=O) groups is 2. The number of carboxylic acid groups (broad SMARTS) is 1. The summed E-state index contributed by atoms with van der Waals surface area (Å²) in [6, 6.07) is -0.409. The highest BCUT2D eigenvalue weighted by Crippen LogP contribution is 2.44. The molecule has 0 aromatic rings. The van der Waals surface area contributed by atoms with Crippen LogP contribution in [0, 0.1) is 11.3 Å². The van der Waals surface area contributed by atoms with Gasteiger partial charge in [-0.05, 0) is 44.4 Å². The first-order chi connectivity index (χ1) is 10.0. The summed E-state index contributed by atoms with van der Waals surface area (Å²) in [7, 11) is 0. The van der Waals surface area contributed by atoms with E-state index in [-0.39, 0.29) is 17.4 Å². The first kappa shape index (κ1) is 14.9. The van der Waals surface area contributed by atoms with E-state index < -0.39 is 12.0 Å². The summed E-state index contributed by atoms with van der Waals surface area (Å²) < 4.78 is 0. The molecule has 1 amide bonds. The highest BCUT2D eigenvalue weighted by atomic mass is 16.4. The van der Waals surface area contributed by atoms with Crippen LogP contribution in [-0.2, 0) is 9.59 Å². The Morgan fingerprint density at radius 3 is 2.33 bits per heavy atom. The Morgan fingerprint density at radius 2 is 1.67 bits per heavy atom. The van der Waals surface area contributed by atoms with Crippen LogP contribution in [0.4, 0.5) is 0 Å². The molecule has 0 bridgehead atoms. The monoisotopic (exact) mass is 293 g/mol. The lowest BCUT2D eigenvalue weighted by Crippen LogP contribution is -2.60. The van der Waals surface area contributed by atoms with Crippen molar-refractivity contribution < 1.29 is 14.7 Å². The quantitative estimate of drug-likeness (QED) is 0.850. The molecular formula is C17H27NO3. The Hall–Kier alpha value is -1.06. The van der Waals surface area contributed by atoms with E-state index in [0.29, 0.717) is 12.3 Å². The zero-order valence-corrected chi connectivity index (χ0v) is 13.0. The third-order valence-corrected chi connectivity index (χ3v) is 6.12. The summed E-state index contributed by atoms with van der Waals surface area (Å²) in [6.07, 6.45) is 10.2. The highest BCUT2D eigenvalue weighted by molar-refractivity contribution is 5.88. The fourth-order valence-electron chi connectivity index (χ4n) is 4.85. The second kappa shape index (κ2) is 5.62. The van der Waals surface area contributed by atoms with Gasteiger partial charge in [-0.15, -0.1) is 0 Å². The van der Waals surface area contributed by atoms with Gasteiger partial charge < -0.3 is 10.0 Å². The number of hydrogen-bond acceptors (Lipinski definition) is 2. The average Bonchev–Trinajstić information content (AvgIpc) is 2.93. The van der Waals surface area contributed by atoms with Crippen LogP contribution < -0.4 is 0 Å². The molecule has 3 fully saturated rings. The fourth-order valence-corrected chi connectivity index (χ4v) is 4.85. The van der Waals surface area contributed by atoms with Gasteiger partial charge in [0.25, 0.3) is 0 Å². The molecule has 3 aliphatic rings. The molecule has 2 saturated carbocycles. The Morgan fingerprint density at radius 1 is 1.00 bits per heavy atom. The lowest BCUT2D eigenvalue weighted by molar-refractivity contribution is -0.163. The summed E-state index contributed by atoms with van der Waals surface area (Å²) in [6.45, 7) is 2.05. The second-order valence-electron chi connectivity index (χ2n) is 7.52. The number of aliphatic carboxylic acids is 1. The van der Waals surface area contributed by atoms with Gasteiger partial charge in [0.2, 0.25) is 5.91 Å². The zero-order valence-electron chi connectivity index (χ0n) is 13.0. The van der Waals surface area contributed by atoms with Gasteiger partial charge in [-0.2, -0.15) is 0 Å². The maximum Gasteiger partial charge on any atom is 0.326 e. The van der Waals surface area contributed by atoms with Crippen LogP contribution in [-0.4, -0.2) is 34.0 Å². The molecule has 3 rings (SSSR count). The van der Waals surface area contributed by atoms with E-state index in [9.17, 15) is 14.7 Å². The van der Waals surface area contributed by atoms with Crippen LogP contribution in [0.3, 0.4) is 0 Å². The second-order valence-corrected chi connectivity index (χ2v) is 7.52. The first-order valence-corrected chi connectivity index (χ1v) is 8.58. The van der Waals surface area contributed by atoms with E-state index in [0.717, 1.165) is 51.4 Å². The summed E-state index contributed by atoms with van der Waals surface area (Å²) in [4.78, 5) is 26.6. The molecule has 4 nitrogen and oxygen atoms in total. The number of amides is 1. The molecule has 1 heterocycles. The van der Waals surface area contributed by atoms with Gasteiger partial charge in [0, 0.05) is 11.5 Å². The average molecular weight is 293 g/mol. The Bertz CT molecular complexity index is 428. The van der Waals surface area contributed by atoms with Crippen LogP contribution in [0.15, 0.2) is 0 Å². The molecule has 118 valence electrons. The van der Waals surface area contributed by atoms with Crippen molar-refractivity contribution in [2.45, 2.75) is 83.2 Å². The molecule has 4 heteroatoms. The van der Waals surface area contributed by atoms with E-state index in [1.165, 1.54) is 6.42 Å². The van der Waals surface area contributed by atoms with Crippen molar-refractivity contribution in [3.05, 3.63) is 0 Å². The lowest BCUT2D eigenvalue weighted by atomic mass is 9.74. The zero-order chi connectivity index (χ0) is 15.0. The molecular weight excluding hydrogens is 266 g/mol. The topological polar surface area (TPSA) is 57.6 Å². The van der Waals surface area contributed by atoms with E-state index in [2.05, 4.69) is 0 Å². The minimum absolute atomic E-state index is 0.129. The van der Waals surface area contributed by atoms with Crippen LogP contribution in [0.2, 0.25) is 0 Å². The molecule has 1 saturated heterocycles. The van der Waals surface area contributed by atoms with E-state index in [4.69, 9.17) is 0 Å². The molecule has 3 atom stereocenters. The number of piperidine rings is 1. The van der Waals surface area contributed by atoms with Gasteiger partial charge in [0.05, 0.1) is 0 Å². The Kier molecular flexibility index (Phi) is 3.98. The number of likely N-dealkylation sites (tertiary alicyclic amines) is 1. The maximum atomic E-state index is 13.2. The van der Waals surface area contributed by atoms with Gasteiger partial charge in [-0.3, -0.25) is 4.79 Å². The van der Waals surface area contributed by atoms with Gasteiger partial charge in [-0.1, -0.05) is 32.6 Å². The number of hydrogen-bond donors (Lipinski definition) is 1. The standard InChI is InChI=1S/C17H27NO3/c1-17(10-4-5-11-17)16(21)18-13-7-3-2-6-12(13)8-9-14(18)15(19)20/h12-14H,2-11H2,1H3,(H,19,20). The fraction of sp³-hybridized carbons (Fsp3) is 0.882. The molecule has 0 aromatic carbocycles. The Balaban J connectivity index is 1.88. The van der Waals surface area contributed by atoms with Crippen molar-refractivity contribution in [3.63, 3.8) is 0 Å². The van der Waals surface area contributed by atoms with Crippen LogP contribution in [0.5, 0.6) is 0 Å². The number of fused-ring (bicyclic) bond motifs is 1. The predicted molar refractivity (Wildman–Crippen MR) is 79.8 cm³/mol. The molecule has 0 radical (unpaired) electrons. The number of carboxylic acids is 1. The summed E-state index contributed by atoms with van der Waals surface area (Å²) in [5, 5.41) is 9.58. The summed E-state index contributed by atoms with van der Waals surface area (Å²) >= 11 is 0. The summed E-state index contributed by atoms with van der Waals surface area (Å²) in [5.74, 6) is -0.152. The van der Waals surface area contributed by atoms with Crippen molar-refractivity contribution in [1.29, 1.82) is 0 Å². The van der Waals surface area contributed by atoms with Crippen LogP contribution >= 0.6 is 0 Å². The number of nitrogens with zero attached hydrogens (tertiary/aromatic N) is 1. The van der Waals surface area contributed by atoms with E-state index in [1.54, 1.807) is 0 Å². The third kappa shape index (κ3) is 2.58. The number of rotatable bonds is 2. The normalized spacial score (nSPS) is 35.3. The molecule has 2 aliphatic carbocycles. The molecule has 21 heavy (non-hydrogen) atoms. The predicted octanol–water partition coefficient (Wildman–Crippen LogP) is 3.20. The highest BCUT2D eigenvalue weighted by Gasteiger charge is 2.49. The van der Waals surface area contributed by atoms with Crippen molar-refractivity contribution >= 4 is 11.9 Å².